The third kappa shape index (κ3) is 10.3. The van der Waals surface area contributed by atoms with E-state index in [1.165, 1.54) is 0 Å². The lowest BCUT2D eigenvalue weighted by Crippen LogP contribution is -2.22. The molecule has 5 heteroatoms. The molecule has 0 bridgehead atoms. The summed E-state index contributed by atoms with van der Waals surface area (Å²) in [5, 5.41) is 9.06. The van der Waals surface area contributed by atoms with Crippen LogP contribution in [0.15, 0.2) is 28.0 Å². The van der Waals surface area contributed by atoms with Crippen molar-refractivity contribution in [3.8, 4) is 11.8 Å². The summed E-state index contributed by atoms with van der Waals surface area (Å²) in [7, 11) is 1.87. The van der Waals surface area contributed by atoms with Crippen LogP contribution in [0.3, 0.4) is 0 Å². The molecule has 0 amide bonds. The highest BCUT2D eigenvalue weighted by Crippen LogP contribution is 2.17. The molecule has 0 radical (unpaired) electrons. The summed E-state index contributed by atoms with van der Waals surface area (Å²) in [6.07, 6.45) is 4.71. The Kier molecular flexibility index (Phi) is 12.0. The van der Waals surface area contributed by atoms with Crippen LogP contribution in [0.5, 0.6) is 0 Å². The van der Waals surface area contributed by atoms with Crippen molar-refractivity contribution in [2.24, 2.45) is 4.99 Å². The molecule has 0 aromatic heterocycles. The van der Waals surface area contributed by atoms with Gasteiger partial charge in [0.25, 0.3) is 0 Å². The lowest BCUT2D eigenvalue weighted by atomic mass is 10.4. The van der Waals surface area contributed by atoms with Gasteiger partial charge in [0.15, 0.2) is 5.17 Å². The van der Waals surface area contributed by atoms with Crippen molar-refractivity contribution in [3.63, 3.8) is 0 Å². The second kappa shape index (κ2) is 12.6. The van der Waals surface area contributed by atoms with E-state index < -0.39 is 0 Å². The first-order valence-electron chi connectivity index (χ1n) is 5.62. The summed E-state index contributed by atoms with van der Waals surface area (Å²) in [4.78, 5) is 5.36. The Morgan fingerprint density at radius 2 is 2.22 bits per heavy atom. The summed E-state index contributed by atoms with van der Waals surface area (Å²) < 4.78 is 0. The lowest BCUT2D eigenvalue weighted by Gasteiger charge is -2.03. The summed E-state index contributed by atoms with van der Waals surface area (Å²) in [6.45, 7) is 7.16. The highest BCUT2D eigenvalue weighted by Gasteiger charge is 1.92. The van der Waals surface area contributed by atoms with Crippen LogP contribution >= 0.6 is 23.5 Å². The molecule has 0 unspecified atom stereocenters. The van der Waals surface area contributed by atoms with E-state index in [0.29, 0.717) is 13.2 Å². The van der Waals surface area contributed by atoms with Gasteiger partial charge < -0.3 is 10.6 Å². The van der Waals surface area contributed by atoms with E-state index >= 15 is 0 Å². The average molecular weight is 283 g/mol. The first-order chi connectivity index (χ1) is 8.74. The molecular weight excluding hydrogens is 262 g/mol. The summed E-state index contributed by atoms with van der Waals surface area (Å²) in [5.41, 5.74) is 0. The van der Waals surface area contributed by atoms with Crippen molar-refractivity contribution < 1.29 is 0 Å². The van der Waals surface area contributed by atoms with Gasteiger partial charge >= 0.3 is 0 Å². The number of rotatable bonds is 6. The minimum atomic E-state index is 0.616. The van der Waals surface area contributed by atoms with Gasteiger partial charge in [-0.25, -0.2) is 4.99 Å². The molecule has 0 rings (SSSR count). The maximum Gasteiger partial charge on any atom is 0.158 e. The number of thioether (sulfide) groups is 2. The van der Waals surface area contributed by atoms with Gasteiger partial charge in [-0.1, -0.05) is 36.3 Å². The van der Waals surface area contributed by atoms with Gasteiger partial charge in [-0.3, -0.25) is 0 Å². The van der Waals surface area contributed by atoms with Crippen molar-refractivity contribution in [1.29, 1.82) is 0 Å². The maximum atomic E-state index is 4.29. The highest BCUT2D eigenvalue weighted by molar-refractivity contribution is 8.13. The smallest absolute Gasteiger partial charge is 0.158 e. The van der Waals surface area contributed by atoms with Gasteiger partial charge in [-0.15, -0.1) is 11.8 Å². The molecular formula is C13H21N3S2. The fourth-order valence-electron chi connectivity index (χ4n) is 0.893. The molecule has 0 aliphatic rings. The van der Waals surface area contributed by atoms with Gasteiger partial charge in [-0.2, -0.15) is 0 Å². The zero-order valence-electron chi connectivity index (χ0n) is 11.2. The summed E-state index contributed by atoms with van der Waals surface area (Å²) >= 11 is 3.21. The van der Waals surface area contributed by atoms with Crippen LogP contribution in [0.2, 0.25) is 0 Å². The number of aliphatic imine (C=N–C) groups is 1. The van der Waals surface area contributed by atoms with Gasteiger partial charge in [0.05, 0.1) is 13.2 Å². The first-order valence-corrected chi connectivity index (χ1v) is 7.73. The summed E-state index contributed by atoms with van der Waals surface area (Å²) in [5.74, 6) is 6.14. The van der Waals surface area contributed by atoms with Crippen LogP contribution in [-0.4, -0.2) is 31.7 Å². The number of nitrogens with one attached hydrogen (secondary N) is 2. The fourth-order valence-corrected chi connectivity index (χ4v) is 1.79. The molecule has 0 saturated heterocycles. The average Bonchev–Trinajstić information content (AvgIpc) is 2.39. The number of amidine groups is 1. The van der Waals surface area contributed by atoms with Crippen LogP contribution in [0.4, 0.5) is 0 Å². The van der Waals surface area contributed by atoms with E-state index in [0.717, 1.165) is 16.5 Å². The molecule has 0 saturated carbocycles. The number of allylic oxidation sites excluding steroid dienone is 2. The quantitative estimate of drug-likeness (QED) is 0.446. The van der Waals surface area contributed by atoms with Crippen LogP contribution in [0, 0.1) is 11.8 Å². The fraction of sp³-hybridized carbons (Fsp3) is 0.462. The molecule has 0 heterocycles. The second-order valence-corrected chi connectivity index (χ2v) is 5.07. The third-order valence-electron chi connectivity index (χ3n) is 1.68. The zero-order chi connectivity index (χ0) is 13.6. The number of hydrogen-bond donors (Lipinski definition) is 2. The van der Waals surface area contributed by atoms with Crippen LogP contribution in [0.25, 0.3) is 0 Å². The van der Waals surface area contributed by atoms with Gasteiger partial charge in [0, 0.05) is 6.42 Å². The number of hydrogen-bond acceptors (Lipinski definition) is 4. The van der Waals surface area contributed by atoms with E-state index in [2.05, 4.69) is 34.0 Å². The molecule has 0 spiro atoms. The first kappa shape index (κ1) is 17.2. The Hall–Kier alpha value is -0.830. The van der Waals surface area contributed by atoms with Crippen molar-refractivity contribution in [2.45, 2.75) is 13.3 Å². The van der Waals surface area contributed by atoms with Crippen LogP contribution in [-0.2, 0) is 0 Å². The van der Waals surface area contributed by atoms with E-state index in [4.69, 9.17) is 0 Å². The second-order valence-electron chi connectivity index (χ2n) is 3.19. The van der Waals surface area contributed by atoms with Gasteiger partial charge in [-0.05, 0) is 30.5 Å². The molecule has 100 valence electrons. The minimum Gasteiger partial charge on any atom is -0.354 e. The van der Waals surface area contributed by atoms with E-state index in [-0.39, 0.29) is 0 Å². The Labute approximate surface area is 119 Å². The molecule has 0 atom stereocenters. The molecule has 18 heavy (non-hydrogen) atoms. The SMILES string of the molecule is C=C(CC#CCN/C(=N/CNC)SC)S/C=C\C. The lowest BCUT2D eigenvalue weighted by molar-refractivity contribution is 0.830. The predicted octanol–water partition coefficient (Wildman–Crippen LogP) is 2.65. The predicted molar refractivity (Wildman–Crippen MR) is 86.8 cm³/mol. The van der Waals surface area contributed by atoms with E-state index in [1.807, 2.05) is 31.7 Å². The Balaban J connectivity index is 3.86. The molecule has 0 aromatic rings. The van der Waals surface area contributed by atoms with E-state index in [1.54, 1.807) is 23.5 Å². The topological polar surface area (TPSA) is 36.4 Å². The Bertz CT molecular complexity index is 351. The maximum absolute atomic E-state index is 4.29. The largest absolute Gasteiger partial charge is 0.354 e. The number of nitrogens with zero attached hydrogens (tertiary/aromatic N) is 1. The van der Waals surface area contributed by atoms with Gasteiger partial charge in [0.2, 0.25) is 0 Å². The molecule has 0 aromatic carbocycles. The van der Waals surface area contributed by atoms with Crippen LogP contribution in [0.1, 0.15) is 13.3 Å². The zero-order valence-corrected chi connectivity index (χ0v) is 12.9. The van der Waals surface area contributed by atoms with Crippen molar-refractivity contribution in [1.82, 2.24) is 10.6 Å². The Morgan fingerprint density at radius 1 is 1.44 bits per heavy atom. The van der Waals surface area contributed by atoms with Crippen LogP contribution < -0.4 is 10.6 Å². The minimum absolute atomic E-state index is 0.616. The molecule has 0 aliphatic heterocycles. The normalized spacial score (nSPS) is 11.2. The van der Waals surface area contributed by atoms with Gasteiger partial charge in [0.1, 0.15) is 0 Å². The van der Waals surface area contributed by atoms with E-state index in [9.17, 15) is 0 Å². The van der Waals surface area contributed by atoms with Crippen molar-refractivity contribution in [2.75, 3.05) is 26.5 Å². The molecule has 2 N–H and O–H groups in total. The third-order valence-corrected chi connectivity index (χ3v) is 3.23. The monoisotopic (exact) mass is 283 g/mol. The molecule has 0 fully saturated rings. The Morgan fingerprint density at radius 3 is 2.83 bits per heavy atom. The molecule has 3 nitrogen and oxygen atoms in total. The molecule has 0 aliphatic carbocycles. The van der Waals surface area contributed by atoms with Crippen molar-refractivity contribution in [3.05, 3.63) is 23.0 Å². The van der Waals surface area contributed by atoms with Crippen molar-refractivity contribution >= 4 is 28.7 Å². The summed E-state index contributed by atoms with van der Waals surface area (Å²) in [6, 6.07) is 0. The standard InChI is InChI=1S/C13H21N3S2/c1-5-10-18-12(2)8-6-7-9-15-13(17-4)16-11-14-3/h5,10,14H,2,8-9,11H2,1,3-4H3,(H,15,16)/b10-5-. The highest BCUT2D eigenvalue weighted by atomic mass is 32.2.